The number of carbonyl (C=O) groups is 2. The Kier molecular flexibility index (Phi) is 4.10. The molecule has 1 atom stereocenters. The Bertz CT molecular complexity index is 407. The number of aromatic nitrogens is 1. The third kappa shape index (κ3) is 2.85. The fraction of sp³-hybridized carbons (Fsp3) is 0.364. The minimum atomic E-state index is -0.698. The van der Waals surface area contributed by atoms with Gasteiger partial charge in [0, 0.05) is 12.6 Å². The van der Waals surface area contributed by atoms with E-state index in [-0.39, 0.29) is 11.3 Å². The molecule has 0 aromatic carbocycles. The summed E-state index contributed by atoms with van der Waals surface area (Å²) in [7, 11) is 0. The van der Waals surface area contributed by atoms with Crippen molar-refractivity contribution in [2.24, 2.45) is 0 Å². The molecular formula is C11H13FN2O2. The van der Waals surface area contributed by atoms with Crippen molar-refractivity contribution in [2.45, 2.75) is 26.3 Å². The van der Waals surface area contributed by atoms with Crippen LogP contribution in [0.2, 0.25) is 0 Å². The van der Waals surface area contributed by atoms with Crippen LogP contribution in [0.4, 0.5) is 4.39 Å². The van der Waals surface area contributed by atoms with Crippen molar-refractivity contribution in [1.82, 2.24) is 10.3 Å². The Morgan fingerprint density at radius 3 is 2.81 bits per heavy atom. The minimum absolute atomic E-state index is 0.0946. The van der Waals surface area contributed by atoms with Crippen LogP contribution in [0.3, 0.4) is 0 Å². The standard InChI is InChI=1S/C11H13FN2O2/c1-3-10(15)7(2)14-11(16)8-4-5-13-6-9(8)12/h4-7H,3H2,1-2H3,(H,14,16). The Morgan fingerprint density at radius 1 is 1.56 bits per heavy atom. The fourth-order valence-electron chi connectivity index (χ4n) is 1.22. The molecule has 1 aromatic rings. The van der Waals surface area contributed by atoms with Gasteiger partial charge >= 0.3 is 0 Å². The Morgan fingerprint density at radius 2 is 2.25 bits per heavy atom. The first kappa shape index (κ1) is 12.3. The summed E-state index contributed by atoms with van der Waals surface area (Å²) in [6.07, 6.45) is 2.62. The predicted octanol–water partition coefficient (Wildman–Crippen LogP) is 1.32. The van der Waals surface area contributed by atoms with E-state index in [2.05, 4.69) is 10.3 Å². The molecule has 1 heterocycles. The van der Waals surface area contributed by atoms with Gasteiger partial charge in [0.1, 0.15) is 0 Å². The molecule has 0 spiro atoms. The fourth-order valence-corrected chi connectivity index (χ4v) is 1.22. The molecule has 1 unspecified atom stereocenters. The van der Waals surface area contributed by atoms with Gasteiger partial charge in [0.2, 0.25) is 0 Å². The second kappa shape index (κ2) is 5.34. The van der Waals surface area contributed by atoms with Crippen LogP contribution in [0.5, 0.6) is 0 Å². The van der Waals surface area contributed by atoms with Crippen LogP contribution in [-0.2, 0) is 4.79 Å². The van der Waals surface area contributed by atoms with E-state index in [4.69, 9.17) is 0 Å². The number of pyridine rings is 1. The number of hydrogen-bond donors (Lipinski definition) is 1. The van der Waals surface area contributed by atoms with E-state index in [0.29, 0.717) is 6.42 Å². The molecule has 5 heteroatoms. The molecular weight excluding hydrogens is 211 g/mol. The second-order valence-corrected chi connectivity index (χ2v) is 3.37. The van der Waals surface area contributed by atoms with Gasteiger partial charge < -0.3 is 5.32 Å². The maximum atomic E-state index is 13.2. The lowest BCUT2D eigenvalue weighted by molar-refractivity contribution is -0.120. The molecule has 4 nitrogen and oxygen atoms in total. The number of ketones is 1. The normalized spacial score (nSPS) is 11.9. The van der Waals surface area contributed by atoms with Crippen molar-refractivity contribution in [3.63, 3.8) is 0 Å². The lowest BCUT2D eigenvalue weighted by atomic mass is 10.1. The first-order valence-corrected chi connectivity index (χ1v) is 4.99. The third-order valence-corrected chi connectivity index (χ3v) is 2.20. The molecule has 0 saturated heterocycles. The van der Waals surface area contributed by atoms with Crippen LogP contribution in [0.25, 0.3) is 0 Å². The quantitative estimate of drug-likeness (QED) is 0.839. The molecule has 0 aliphatic carbocycles. The van der Waals surface area contributed by atoms with E-state index in [0.717, 1.165) is 6.20 Å². The minimum Gasteiger partial charge on any atom is -0.342 e. The van der Waals surface area contributed by atoms with Crippen LogP contribution in [0.1, 0.15) is 30.6 Å². The number of Topliss-reactive ketones (excluding diaryl/α,β-unsaturated/α-hetero) is 1. The first-order chi connectivity index (χ1) is 7.56. The lowest BCUT2D eigenvalue weighted by Crippen LogP contribution is -2.38. The predicted molar refractivity (Wildman–Crippen MR) is 56.4 cm³/mol. The largest absolute Gasteiger partial charge is 0.342 e. The lowest BCUT2D eigenvalue weighted by Gasteiger charge is -2.11. The first-order valence-electron chi connectivity index (χ1n) is 4.99. The highest BCUT2D eigenvalue weighted by atomic mass is 19.1. The number of carbonyl (C=O) groups excluding carboxylic acids is 2. The van der Waals surface area contributed by atoms with Gasteiger partial charge in [-0.15, -0.1) is 0 Å². The topological polar surface area (TPSA) is 59.1 Å². The number of nitrogens with one attached hydrogen (secondary N) is 1. The molecule has 0 fully saturated rings. The summed E-state index contributed by atoms with van der Waals surface area (Å²) in [4.78, 5) is 26.3. The summed E-state index contributed by atoms with van der Waals surface area (Å²) < 4.78 is 13.2. The maximum Gasteiger partial charge on any atom is 0.254 e. The molecule has 1 rings (SSSR count). The van der Waals surface area contributed by atoms with Crippen LogP contribution in [0, 0.1) is 5.82 Å². The number of halogens is 1. The Labute approximate surface area is 92.9 Å². The molecule has 1 amide bonds. The average molecular weight is 224 g/mol. The average Bonchev–Trinajstić information content (AvgIpc) is 2.28. The summed E-state index contributed by atoms with van der Waals surface area (Å²) >= 11 is 0. The van der Waals surface area contributed by atoms with Gasteiger partial charge in [-0.25, -0.2) is 4.39 Å². The van der Waals surface area contributed by atoms with Crippen LogP contribution >= 0.6 is 0 Å². The Hall–Kier alpha value is -1.78. The van der Waals surface area contributed by atoms with Crippen LogP contribution < -0.4 is 5.32 Å². The smallest absolute Gasteiger partial charge is 0.254 e. The highest BCUT2D eigenvalue weighted by Gasteiger charge is 2.17. The van der Waals surface area contributed by atoms with E-state index >= 15 is 0 Å². The summed E-state index contributed by atoms with van der Waals surface area (Å²) in [6, 6.07) is 0.665. The van der Waals surface area contributed by atoms with Gasteiger partial charge in [-0.2, -0.15) is 0 Å². The number of hydrogen-bond acceptors (Lipinski definition) is 3. The number of nitrogens with zero attached hydrogens (tertiary/aromatic N) is 1. The van der Waals surface area contributed by atoms with Crippen LogP contribution in [0.15, 0.2) is 18.5 Å². The summed E-state index contributed by atoms with van der Waals surface area (Å²) in [5.74, 6) is -1.40. The zero-order chi connectivity index (χ0) is 12.1. The molecule has 0 radical (unpaired) electrons. The van der Waals surface area contributed by atoms with Gasteiger partial charge in [-0.1, -0.05) is 6.92 Å². The molecule has 1 N–H and O–H groups in total. The second-order valence-electron chi connectivity index (χ2n) is 3.37. The molecule has 0 bridgehead atoms. The van der Waals surface area contributed by atoms with Crippen molar-refractivity contribution < 1.29 is 14.0 Å². The molecule has 16 heavy (non-hydrogen) atoms. The van der Waals surface area contributed by atoms with Crippen molar-refractivity contribution in [2.75, 3.05) is 0 Å². The Balaban J connectivity index is 2.73. The molecule has 0 saturated carbocycles. The molecule has 0 aliphatic heterocycles. The zero-order valence-electron chi connectivity index (χ0n) is 9.16. The highest BCUT2D eigenvalue weighted by Crippen LogP contribution is 2.04. The zero-order valence-corrected chi connectivity index (χ0v) is 9.16. The van der Waals surface area contributed by atoms with E-state index in [1.54, 1.807) is 13.8 Å². The van der Waals surface area contributed by atoms with Crippen molar-refractivity contribution in [1.29, 1.82) is 0 Å². The summed E-state index contributed by atoms with van der Waals surface area (Å²) in [5, 5.41) is 2.43. The van der Waals surface area contributed by atoms with Crippen molar-refractivity contribution in [3.05, 3.63) is 29.8 Å². The molecule has 1 aromatic heterocycles. The van der Waals surface area contributed by atoms with E-state index in [1.807, 2.05) is 0 Å². The molecule has 0 aliphatic rings. The van der Waals surface area contributed by atoms with Crippen molar-refractivity contribution in [3.8, 4) is 0 Å². The van der Waals surface area contributed by atoms with Gasteiger partial charge in [-0.3, -0.25) is 14.6 Å². The highest BCUT2D eigenvalue weighted by molar-refractivity contribution is 5.97. The van der Waals surface area contributed by atoms with Gasteiger partial charge in [0.15, 0.2) is 11.6 Å². The summed E-state index contributed by atoms with van der Waals surface area (Å²) in [5.41, 5.74) is -0.106. The number of rotatable bonds is 4. The third-order valence-electron chi connectivity index (χ3n) is 2.20. The van der Waals surface area contributed by atoms with E-state index in [1.165, 1.54) is 12.3 Å². The van der Waals surface area contributed by atoms with E-state index in [9.17, 15) is 14.0 Å². The maximum absolute atomic E-state index is 13.2. The number of amides is 1. The molecule has 86 valence electrons. The van der Waals surface area contributed by atoms with Gasteiger partial charge in [-0.05, 0) is 13.0 Å². The monoisotopic (exact) mass is 224 g/mol. The van der Waals surface area contributed by atoms with Crippen molar-refractivity contribution >= 4 is 11.7 Å². The van der Waals surface area contributed by atoms with E-state index < -0.39 is 17.8 Å². The van der Waals surface area contributed by atoms with Crippen LogP contribution in [-0.4, -0.2) is 22.7 Å². The SMILES string of the molecule is CCC(=O)C(C)NC(=O)c1ccncc1F. The van der Waals surface area contributed by atoms with Gasteiger partial charge in [0.25, 0.3) is 5.91 Å². The summed E-state index contributed by atoms with van der Waals surface area (Å²) in [6.45, 7) is 3.28. The van der Waals surface area contributed by atoms with Gasteiger partial charge in [0.05, 0.1) is 17.8 Å².